The number of benzene rings is 2. The Morgan fingerprint density at radius 1 is 0.855 bits per heavy atom. The van der Waals surface area contributed by atoms with Gasteiger partial charge in [-0.1, -0.05) is 50.2 Å². The van der Waals surface area contributed by atoms with Crippen LogP contribution in [0.3, 0.4) is 0 Å². The van der Waals surface area contributed by atoms with Gasteiger partial charge in [0, 0.05) is 77.1 Å². The third-order valence-electron chi connectivity index (χ3n) is 11.4. The van der Waals surface area contributed by atoms with Gasteiger partial charge in [-0.2, -0.15) is 9.90 Å². The van der Waals surface area contributed by atoms with E-state index in [-0.39, 0.29) is 48.8 Å². The van der Waals surface area contributed by atoms with Crippen molar-refractivity contribution < 1.29 is 51.4 Å². The van der Waals surface area contributed by atoms with E-state index in [1.54, 1.807) is 35.2 Å². The van der Waals surface area contributed by atoms with E-state index in [0.29, 0.717) is 61.3 Å². The number of amides is 5. The number of hydrogen-bond donors (Lipinski definition) is 2. The molecule has 6 rings (SSSR count). The Labute approximate surface area is 359 Å². The molecule has 0 aliphatic carbocycles. The number of alkyl halides is 3. The maximum absolute atomic E-state index is 13.7. The Bertz CT molecular complexity index is 2010. The average Bonchev–Trinajstić information content (AvgIpc) is 3.92. The Kier molecular flexibility index (Phi) is 14.4. The molecular weight excluding hydrogens is 814 g/mol. The van der Waals surface area contributed by atoms with Crippen molar-refractivity contribution in [2.24, 2.45) is 5.92 Å². The molecule has 0 bridgehead atoms. The number of methoxy groups -OCH3 is 2. The van der Waals surface area contributed by atoms with Gasteiger partial charge < -0.3 is 39.2 Å². The van der Waals surface area contributed by atoms with E-state index in [2.05, 4.69) is 20.0 Å². The second-order valence-corrected chi connectivity index (χ2v) is 17.1. The molecule has 1 aromatic heterocycles. The van der Waals surface area contributed by atoms with Gasteiger partial charge in [-0.25, -0.2) is 19.4 Å². The number of halogens is 3. The number of anilines is 1. The van der Waals surface area contributed by atoms with Gasteiger partial charge in [0.05, 0.1) is 30.6 Å². The summed E-state index contributed by atoms with van der Waals surface area (Å²) in [6.45, 7) is 11.9. The summed E-state index contributed by atoms with van der Waals surface area (Å²) in [4.78, 5) is 71.1. The number of urea groups is 1. The fourth-order valence-electron chi connectivity index (χ4n) is 8.08. The molecule has 3 fully saturated rings. The molecule has 2 aromatic carbocycles. The SMILES string of the molecule is COC(=O)NC(C(=O)N1C[C@@H](OC)C[C@H]1c1nc(-c2ccc(-c3ccc(N(OC(F)(F)F)C(=O)N4CCN(C5CCN(C(=O)OC(C)(C)C)CC5)CC4)cc3)cc2)c[nH]1)C(C)C. The molecule has 3 aliphatic rings. The normalized spacial score (nSPS) is 19.7. The molecule has 0 saturated carbocycles. The summed E-state index contributed by atoms with van der Waals surface area (Å²) in [6.07, 6.45) is -2.69. The van der Waals surface area contributed by atoms with Gasteiger partial charge in [0.25, 0.3) is 0 Å². The summed E-state index contributed by atoms with van der Waals surface area (Å²) in [6, 6.07) is 11.5. The molecule has 3 aliphatic heterocycles. The van der Waals surface area contributed by atoms with Crippen molar-refractivity contribution in [2.45, 2.75) is 90.1 Å². The molecule has 338 valence electrons. The lowest BCUT2D eigenvalue weighted by Crippen LogP contribution is -2.57. The highest BCUT2D eigenvalue weighted by Crippen LogP contribution is 2.35. The van der Waals surface area contributed by atoms with Crippen LogP contribution in [-0.2, 0) is 23.8 Å². The first kappa shape index (κ1) is 46.1. The van der Waals surface area contributed by atoms with Gasteiger partial charge in [0.15, 0.2) is 0 Å². The first-order chi connectivity index (χ1) is 29.3. The number of hydrogen-bond acceptors (Lipinski definition) is 10. The quantitative estimate of drug-likeness (QED) is 0.207. The molecule has 16 nitrogen and oxygen atoms in total. The number of ether oxygens (including phenoxy) is 3. The summed E-state index contributed by atoms with van der Waals surface area (Å²) in [5, 5.41) is 2.94. The fraction of sp³-hybridized carbons (Fsp3) is 0.558. The molecule has 0 spiro atoms. The van der Waals surface area contributed by atoms with Gasteiger partial charge >= 0.3 is 24.6 Å². The van der Waals surface area contributed by atoms with Crippen molar-refractivity contribution >= 4 is 29.8 Å². The highest BCUT2D eigenvalue weighted by atomic mass is 19.4. The molecule has 0 radical (unpaired) electrons. The molecular formula is C43H57F3N8O8. The highest BCUT2D eigenvalue weighted by molar-refractivity contribution is 5.90. The number of piperidine rings is 1. The van der Waals surface area contributed by atoms with Crippen LogP contribution in [-0.4, -0.2) is 144 Å². The van der Waals surface area contributed by atoms with Crippen molar-refractivity contribution in [3.63, 3.8) is 0 Å². The first-order valence-electron chi connectivity index (χ1n) is 20.8. The van der Waals surface area contributed by atoms with Crippen molar-refractivity contribution in [3.05, 3.63) is 60.6 Å². The van der Waals surface area contributed by atoms with E-state index in [0.717, 1.165) is 24.0 Å². The van der Waals surface area contributed by atoms with Crippen molar-refractivity contribution in [2.75, 3.05) is 65.1 Å². The number of aromatic nitrogens is 2. The Morgan fingerprint density at radius 3 is 2.00 bits per heavy atom. The smallest absolute Gasteiger partial charge is 0.453 e. The fourth-order valence-corrected chi connectivity index (χ4v) is 8.08. The minimum absolute atomic E-state index is 0.0790. The second kappa shape index (κ2) is 19.3. The standard InChI is InChI=1S/C43H57F3N8O8/c1-27(2)36(49-39(56)60-7)38(55)53-26-33(59-6)24-35(53)37-47-25-34(48-37)30-10-8-28(9-11-30)29-12-14-32(15-13-29)54(62-43(44,45)46)40(57)51-22-20-50(21-23-51)31-16-18-52(19-17-31)41(58)61-42(3,4)5/h8-15,25,27,31,33,35-36H,16-24,26H2,1-7H3,(H,47,48)(H,49,56)/t33-,35-,36?/m0/s1. The summed E-state index contributed by atoms with van der Waals surface area (Å²) in [5.74, 6) is 0.0841. The molecule has 3 saturated heterocycles. The zero-order valence-electron chi connectivity index (χ0n) is 36.2. The van der Waals surface area contributed by atoms with E-state index in [4.69, 9.17) is 19.2 Å². The number of nitrogens with one attached hydrogen (secondary N) is 2. The van der Waals surface area contributed by atoms with Crippen LogP contribution in [0.1, 0.15) is 65.7 Å². The van der Waals surface area contributed by atoms with Gasteiger partial charge in [-0.05, 0) is 62.8 Å². The number of likely N-dealkylation sites (tertiary alicyclic amines) is 2. The van der Waals surface area contributed by atoms with E-state index >= 15 is 0 Å². The zero-order chi connectivity index (χ0) is 44.9. The third kappa shape index (κ3) is 11.3. The van der Waals surface area contributed by atoms with Gasteiger partial charge in [-0.15, -0.1) is 13.2 Å². The number of aromatic amines is 1. The molecule has 3 aromatic rings. The van der Waals surface area contributed by atoms with E-state index < -0.39 is 36.2 Å². The monoisotopic (exact) mass is 870 g/mol. The number of rotatable bonds is 10. The topological polar surface area (TPSA) is 162 Å². The maximum Gasteiger partial charge on any atom is 0.544 e. The minimum atomic E-state index is -5.12. The average molecular weight is 871 g/mol. The van der Waals surface area contributed by atoms with Crippen molar-refractivity contribution in [1.29, 1.82) is 0 Å². The van der Waals surface area contributed by atoms with Crippen LogP contribution >= 0.6 is 0 Å². The number of nitrogens with zero attached hydrogens (tertiary/aromatic N) is 6. The lowest BCUT2D eigenvalue weighted by atomic mass is 10.0. The van der Waals surface area contributed by atoms with E-state index in [1.165, 1.54) is 24.1 Å². The Hall–Kier alpha value is -5.40. The van der Waals surface area contributed by atoms with Gasteiger partial charge in [0.1, 0.15) is 17.5 Å². The van der Waals surface area contributed by atoms with Gasteiger partial charge in [0.2, 0.25) is 5.91 Å². The van der Waals surface area contributed by atoms with Crippen LogP contribution < -0.4 is 10.4 Å². The summed E-state index contributed by atoms with van der Waals surface area (Å²) < 4.78 is 56.9. The summed E-state index contributed by atoms with van der Waals surface area (Å²) >= 11 is 0. The van der Waals surface area contributed by atoms with E-state index in [1.807, 2.05) is 58.9 Å². The highest BCUT2D eigenvalue weighted by Gasteiger charge is 2.42. The van der Waals surface area contributed by atoms with Crippen LogP contribution in [0.2, 0.25) is 0 Å². The third-order valence-corrected chi connectivity index (χ3v) is 11.4. The number of hydroxylamine groups is 1. The molecule has 19 heteroatoms. The number of piperazine rings is 1. The molecule has 1 unspecified atom stereocenters. The van der Waals surface area contributed by atoms with Crippen LogP contribution in [0.25, 0.3) is 22.4 Å². The number of carbonyl (C=O) groups excluding carboxylic acids is 4. The largest absolute Gasteiger partial charge is 0.544 e. The lowest BCUT2D eigenvalue weighted by Gasteiger charge is -2.43. The maximum atomic E-state index is 13.7. The van der Waals surface area contributed by atoms with Crippen LogP contribution in [0.15, 0.2) is 54.7 Å². The van der Waals surface area contributed by atoms with E-state index in [9.17, 15) is 32.3 Å². The van der Waals surface area contributed by atoms with Crippen molar-refractivity contribution in [1.82, 2.24) is 34.9 Å². The molecule has 2 N–H and O–H groups in total. The Balaban J connectivity index is 1.08. The predicted octanol–water partition coefficient (Wildman–Crippen LogP) is 6.81. The first-order valence-corrected chi connectivity index (χ1v) is 20.8. The summed E-state index contributed by atoms with van der Waals surface area (Å²) in [7, 11) is 2.83. The number of alkyl carbamates (subject to hydrolysis) is 1. The molecule has 5 amide bonds. The van der Waals surface area contributed by atoms with Crippen molar-refractivity contribution in [3.8, 4) is 22.4 Å². The number of H-pyrrole nitrogens is 1. The molecule has 62 heavy (non-hydrogen) atoms. The molecule has 4 heterocycles. The van der Waals surface area contributed by atoms with Gasteiger partial charge in [-0.3, -0.25) is 9.69 Å². The van der Waals surface area contributed by atoms with Crippen LogP contribution in [0.4, 0.5) is 33.2 Å². The lowest BCUT2D eigenvalue weighted by molar-refractivity contribution is -0.325. The second-order valence-electron chi connectivity index (χ2n) is 17.1. The molecule has 3 atom stereocenters. The zero-order valence-corrected chi connectivity index (χ0v) is 36.2. The Morgan fingerprint density at radius 2 is 1.45 bits per heavy atom. The summed E-state index contributed by atoms with van der Waals surface area (Å²) in [5.41, 5.74) is 2.21. The number of imidazole rings is 1. The predicted molar refractivity (Wildman–Crippen MR) is 222 cm³/mol. The minimum Gasteiger partial charge on any atom is -0.453 e. The van der Waals surface area contributed by atoms with Crippen LogP contribution in [0, 0.1) is 5.92 Å². The van der Waals surface area contributed by atoms with Crippen LogP contribution in [0.5, 0.6) is 0 Å². The number of carbonyl (C=O) groups is 4.